The standard InChI is InChI=1S/C11H16N2/c1-8-2-3-10(12)6-9(8)7-13-11-4-5-11/h2-3,6,11,13H,4-5,7,12H2,1H3. The lowest BCUT2D eigenvalue weighted by Gasteiger charge is -2.07. The number of benzene rings is 1. The van der Waals surface area contributed by atoms with Crippen molar-refractivity contribution in [2.45, 2.75) is 32.4 Å². The molecule has 2 heteroatoms. The summed E-state index contributed by atoms with van der Waals surface area (Å²) in [5, 5.41) is 3.49. The Kier molecular flexibility index (Phi) is 2.23. The summed E-state index contributed by atoms with van der Waals surface area (Å²) in [6.07, 6.45) is 2.67. The molecule has 0 aliphatic heterocycles. The second-order valence-corrected chi connectivity index (χ2v) is 3.84. The summed E-state index contributed by atoms with van der Waals surface area (Å²) in [6.45, 7) is 3.09. The van der Waals surface area contributed by atoms with Crippen molar-refractivity contribution >= 4 is 5.69 Å². The first kappa shape index (κ1) is 8.57. The Balaban J connectivity index is 2.03. The van der Waals surface area contributed by atoms with Crippen LogP contribution in [0.4, 0.5) is 5.69 Å². The molecule has 3 N–H and O–H groups in total. The van der Waals surface area contributed by atoms with Crippen molar-refractivity contribution in [1.29, 1.82) is 0 Å². The molecule has 0 spiro atoms. The number of aryl methyl sites for hydroxylation is 1. The summed E-state index contributed by atoms with van der Waals surface area (Å²) in [7, 11) is 0. The summed E-state index contributed by atoms with van der Waals surface area (Å²) in [6, 6.07) is 6.86. The Bertz CT molecular complexity index is 303. The van der Waals surface area contributed by atoms with E-state index in [1.165, 1.54) is 24.0 Å². The molecule has 0 aromatic heterocycles. The number of nitrogens with one attached hydrogen (secondary N) is 1. The molecule has 2 rings (SSSR count). The molecule has 1 aromatic rings. The van der Waals surface area contributed by atoms with Gasteiger partial charge >= 0.3 is 0 Å². The summed E-state index contributed by atoms with van der Waals surface area (Å²) < 4.78 is 0. The van der Waals surface area contributed by atoms with Crippen LogP contribution in [0, 0.1) is 6.92 Å². The molecule has 0 bridgehead atoms. The lowest BCUT2D eigenvalue weighted by atomic mass is 10.1. The number of nitrogens with two attached hydrogens (primary N) is 1. The molecule has 1 aromatic carbocycles. The average molecular weight is 176 g/mol. The zero-order valence-corrected chi connectivity index (χ0v) is 8.01. The number of hydrogen-bond donors (Lipinski definition) is 2. The number of rotatable bonds is 3. The maximum Gasteiger partial charge on any atom is 0.0317 e. The highest BCUT2D eigenvalue weighted by molar-refractivity contribution is 5.44. The van der Waals surface area contributed by atoms with Crippen LogP contribution in [-0.2, 0) is 6.54 Å². The van der Waals surface area contributed by atoms with E-state index >= 15 is 0 Å². The van der Waals surface area contributed by atoms with E-state index in [-0.39, 0.29) is 0 Å². The van der Waals surface area contributed by atoms with Gasteiger partial charge in [-0.25, -0.2) is 0 Å². The Labute approximate surface area is 79.1 Å². The molecule has 0 amide bonds. The van der Waals surface area contributed by atoms with Crippen LogP contribution in [0.1, 0.15) is 24.0 Å². The third-order valence-corrected chi connectivity index (χ3v) is 2.53. The minimum atomic E-state index is 0.765. The van der Waals surface area contributed by atoms with Crippen LogP contribution in [0.25, 0.3) is 0 Å². The quantitative estimate of drug-likeness (QED) is 0.689. The van der Waals surface area contributed by atoms with Crippen LogP contribution in [0.15, 0.2) is 18.2 Å². The van der Waals surface area contributed by atoms with E-state index in [0.29, 0.717) is 0 Å². The van der Waals surface area contributed by atoms with E-state index in [9.17, 15) is 0 Å². The first-order chi connectivity index (χ1) is 6.25. The van der Waals surface area contributed by atoms with Gasteiger partial charge in [0.15, 0.2) is 0 Å². The second kappa shape index (κ2) is 3.38. The minimum Gasteiger partial charge on any atom is -0.399 e. The Morgan fingerprint density at radius 3 is 2.92 bits per heavy atom. The van der Waals surface area contributed by atoms with Crippen molar-refractivity contribution in [2.75, 3.05) is 5.73 Å². The molecule has 1 aliphatic carbocycles. The Morgan fingerprint density at radius 2 is 2.23 bits per heavy atom. The lowest BCUT2D eigenvalue weighted by molar-refractivity contribution is 0.685. The van der Waals surface area contributed by atoms with E-state index in [1.807, 2.05) is 6.07 Å². The van der Waals surface area contributed by atoms with Gasteiger partial charge < -0.3 is 11.1 Å². The first-order valence-corrected chi connectivity index (χ1v) is 4.84. The number of anilines is 1. The van der Waals surface area contributed by atoms with Crippen molar-refractivity contribution in [2.24, 2.45) is 0 Å². The van der Waals surface area contributed by atoms with E-state index < -0.39 is 0 Å². The SMILES string of the molecule is Cc1ccc(N)cc1CNC1CC1. The maximum atomic E-state index is 5.72. The highest BCUT2D eigenvalue weighted by Crippen LogP contribution is 2.20. The molecule has 1 saturated carbocycles. The van der Waals surface area contributed by atoms with Gasteiger partial charge in [-0.15, -0.1) is 0 Å². The molecule has 70 valence electrons. The van der Waals surface area contributed by atoms with Crippen LogP contribution < -0.4 is 11.1 Å². The van der Waals surface area contributed by atoms with Crippen molar-refractivity contribution in [1.82, 2.24) is 5.32 Å². The van der Waals surface area contributed by atoms with Crippen molar-refractivity contribution in [3.8, 4) is 0 Å². The van der Waals surface area contributed by atoms with Gasteiger partial charge in [-0.1, -0.05) is 6.07 Å². The molecule has 1 fully saturated rings. The number of hydrogen-bond acceptors (Lipinski definition) is 2. The average Bonchev–Trinajstić information content (AvgIpc) is 2.90. The van der Waals surface area contributed by atoms with Crippen LogP contribution in [-0.4, -0.2) is 6.04 Å². The smallest absolute Gasteiger partial charge is 0.0317 e. The first-order valence-electron chi connectivity index (χ1n) is 4.84. The van der Waals surface area contributed by atoms with E-state index in [2.05, 4.69) is 24.4 Å². The van der Waals surface area contributed by atoms with Crippen molar-refractivity contribution in [3.63, 3.8) is 0 Å². The maximum absolute atomic E-state index is 5.72. The normalized spacial score (nSPS) is 16.1. The molecule has 0 atom stereocenters. The second-order valence-electron chi connectivity index (χ2n) is 3.84. The predicted octanol–water partition coefficient (Wildman–Crippen LogP) is 1.83. The van der Waals surface area contributed by atoms with Gasteiger partial charge in [-0.2, -0.15) is 0 Å². The van der Waals surface area contributed by atoms with Gasteiger partial charge in [0, 0.05) is 18.3 Å². The topological polar surface area (TPSA) is 38.0 Å². The Hall–Kier alpha value is -1.02. The van der Waals surface area contributed by atoms with E-state index in [1.54, 1.807) is 0 Å². The molecule has 0 unspecified atom stereocenters. The molecule has 2 nitrogen and oxygen atoms in total. The van der Waals surface area contributed by atoms with E-state index in [4.69, 9.17) is 5.73 Å². The van der Waals surface area contributed by atoms with Crippen LogP contribution in [0.3, 0.4) is 0 Å². The van der Waals surface area contributed by atoms with Crippen LogP contribution in [0.2, 0.25) is 0 Å². The van der Waals surface area contributed by atoms with Gasteiger partial charge in [-0.3, -0.25) is 0 Å². The van der Waals surface area contributed by atoms with E-state index in [0.717, 1.165) is 18.3 Å². The van der Waals surface area contributed by atoms with Gasteiger partial charge in [0.05, 0.1) is 0 Å². The monoisotopic (exact) mass is 176 g/mol. The fourth-order valence-electron chi connectivity index (χ4n) is 1.42. The van der Waals surface area contributed by atoms with Gasteiger partial charge in [0.2, 0.25) is 0 Å². The Morgan fingerprint density at radius 1 is 1.46 bits per heavy atom. The third kappa shape index (κ3) is 2.22. The lowest BCUT2D eigenvalue weighted by Crippen LogP contribution is -2.16. The highest BCUT2D eigenvalue weighted by atomic mass is 14.9. The zero-order chi connectivity index (χ0) is 9.26. The molecule has 0 heterocycles. The zero-order valence-electron chi connectivity index (χ0n) is 8.01. The predicted molar refractivity (Wildman–Crippen MR) is 55.5 cm³/mol. The van der Waals surface area contributed by atoms with Gasteiger partial charge in [0.1, 0.15) is 0 Å². The largest absolute Gasteiger partial charge is 0.399 e. The number of nitrogen functional groups attached to an aromatic ring is 1. The fourth-order valence-corrected chi connectivity index (χ4v) is 1.42. The minimum absolute atomic E-state index is 0.765. The fraction of sp³-hybridized carbons (Fsp3) is 0.455. The summed E-state index contributed by atoms with van der Waals surface area (Å²) in [4.78, 5) is 0. The van der Waals surface area contributed by atoms with Crippen LogP contribution >= 0.6 is 0 Å². The molecule has 13 heavy (non-hydrogen) atoms. The molecule has 1 aliphatic rings. The van der Waals surface area contributed by atoms with Gasteiger partial charge in [0.25, 0.3) is 0 Å². The summed E-state index contributed by atoms with van der Waals surface area (Å²) in [5.41, 5.74) is 9.23. The molecule has 0 radical (unpaired) electrons. The third-order valence-electron chi connectivity index (χ3n) is 2.53. The van der Waals surface area contributed by atoms with Gasteiger partial charge in [-0.05, 0) is 43.0 Å². The molecule has 0 saturated heterocycles. The van der Waals surface area contributed by atoms with Crippen LogP contribution in [0.5, 0.6) is 0 Å². The summed E-state index contributed by atoms with van der Waals surface area (Å²) in [5.74, 6) is 0. The molecular formula is C11H16N2. The van der Waals surface area contributed by atoms with Crippen molar-refractivity contribution < 1.29 is 0 Å². The highest BCUT2D eigenvalue weighted by Gasteiger charge is 2.20. The van der Waals surface area contributed by atoms with Crippen molar-refractivity contribution in [3.05, 3.63) is 29.3 Å². The molecular weight excluding hydrogens is 160 g/mol. The summed E-state index contributed by atoms with van der Waals surface area (Å²) >= 11 is 0.